The van der Waals surface area contributed by atoms with E-state index in [1.54, 1.807) is 32.4 Å². The molecular formula is C18H19ClFN7O. The Hall–Kier alpha value is -3.07. The zero-order valence-electron chi connectivity index (χ0n) is 15.3. The maximum atomic E-state index is 14.2. The fraction of sp³-hybridized carbons (Fsp3) is 0.278. The molecule has 3 heterocycles. The Labute approximate surface area is 165 Å². The number of pyridine rings is 1. The van der Waals surface area contributed by atoms with Crippen molar-refractivity contribution >= 4 is 40.6 Å². The van der Waals surface area contributed by atoms with Crippen LogP contribution in [0, 0.1) is 5.82 Å². The summed E-state index contributed by atoms with van der Waals surface area (Å²) < 4.78 is 14.2. The first-order chi connectivity index (χ1) is 13.5. The Morgan fingerprint density at radius 3 is 3.04 bits per heavy atom. The number of aromatic nitrogens is 4. The number of halogens is 2. The van der Waals surface area contributed by atoms with E-state index in [9.17, 15) is 9.18 Å². The molecule has 0 bridgehead atoms. The molecule has 28 heavy (non-hydrogen) atoms. The van der Waals surface area contributed by atoms with Gasteiger partial charge in [0.1, 0.15) is 11.7 Å². The molecule has 0 saturated carbocycles. The summed E-state index contributed by atoms with van der Waals surface area (Å²) in [4.78, 5) is 31.5. The fourth-order valence-electron chi connectivity index (χ4n) is 2.57. The first-order valence-corrected chi connectivity index (χ1v) is 8.97. The molecule has 1 atom stereocenters. The normalized spacial score (nSPS) is 12.4. The van der Waals surface area contributed by atoms with Gasteiger partial charge >= 0.3 is 0 Å². The number of hydrogen-bond donors (Lipinski definition) is 3. The molecule has 3 aromatic heterocycles. The molecule has 0 aliphatic carbocycles. The first-order valence-electron chi connectivity index (χ1n) is 8.60. The van der Waals surface area contributed by atoms with E-state index in [4.69, 9.17) is 11.6 Å². The molecule has 0 aliphatic heterocycles. The molecule has 0 fully saturated rings. The SMILES string of the molecule is CN=CCCNC(=O)[C@H](C)Nc1nc(-c2c[nH]c3ncc(Cl)cc23)ncc1F. The molecule has 10 heteroatoms. The van der Waals surface area contributed by atoms with Crippen LogP contribution in [0.3, 0.4) is 0 Å². The summed E-state index contributed by atoms with van der Waals surface area (Å²) in [5, 5.41) is 6.71. The van der Waals surface area contributed by atoms with Crippen molar-refractivity contribution in [3.63, 3.8) is 0 Å². The number of nitrogens with one attached hydrogen (secondary N) is 3. The predicted octanol–water partition coefficient (Wildman–Crippen LogP) is 2.82. The topological polar surface area (TPSA) is 108 Å². The molecule has 0 aliphatic rings. The van der Waals surface area contributed by atoms with Gasteiger partial charge in [-0.3, -0.25) is 4.79 Å². The van der Waals surface area contributed by atoms with Crippen molar-refractivity contribution in [2.75, 3.05) is 18.9 Å². The third-order valence-corrected chi connectivity index (χ3v) is 4.19. The highest BCUT2D eigenvalue weighted by Crippen LogP contribution is 2.28. The average molecular weight is 404 g/mol. The third-order valence-electron chi connectivity index (χ3n) is 3.98. The number of fused-ring (bicyclic) bond motifs is 1. The van der Waals surface area contributed by atoms with Crippen molar-refractivity contribution in [3.8, 4) is 11.4 Å². The van der Waals surface area contributed by atoms with E-state index in [1.807, 2.05) is 0 Å². The smallest absolute Gasteiger partial charge is 0.242 e. The van der Waals surface area contributed by atoms with E-state index in [-0.39, 0.29) is 17.5 Å². The highest BCUT2D eigenvalue weighted by molar-refractivity contribution is 6.31. The summed E-state index contributed by atoms with van der Waals surface area (Å²) in [6.45, 7) is 2.07. The number of nitrogens with zero attached hydrogens (tertiary/aromatic N) is 4. The quantitative estimate of drug-likeness (QED) is 0.415. The van der Waals surface area contributed by atoms with Gasteiger partial charge in [0.15, 0.2) is 17.5 Å². The zero-order chi connectivity index (χ0) is 20.1. The molecule has 0 aromatic carbocycles. The van der Waals surface area contributed by atoms with Gasteiger partial charge in [0, 0.05) is 43.2 Å². The summed E-state index contributed by atoms with van der Waals surface area (Å²) in [7, 11) is 1.67. The van der Waals surface area contributed by atoms with Gasteiger partial charge in [-0.05, 0) is 19.4 Å². The fourth-order valence-corrected chi connectivity index (χ4v) is 2.73. The van der Waals surface area contributed by atoms with Gasteiger partial charge in [0.2, 0.25) is 5.91 Å². The summed E-state index contributed by atoms with van der Waals surface area (Å²) in [5.41, 5.74) is 1.24. The number of carbonyl (C=O) groups excluding carboxylic acids is 1. The molecule has 8 nitrogen and oxygen atoms in total. The van der Waals surface area contributed by atoms with E-state index in [2.05, 4.69) is 35.6 Å². The Balaban J connectivity index is 1.79. The summed E-state index contributed by atoms with van der Waals surface area (Å²) >= 11 is 6.01. The lowest BCUT2D eigenvalue weighted by Crippen LogP contribution is -2.38. The molecule has 1 amide bonds. The lowest BCUT2D eigenvalue weighted by molar-refractivity contribution is -0.121. The number of carbonyl (C=O) groups is 1. The molecule has 3 aromatic rings. The number of aromatic amines is 1. The van der Waals surface area contributed by atoms with Crippen LogP contribution in [-0.2, 0) is 4.79 Å². The second-order valence-electron chi connectivity index (χ2n) is 6.03. The number of aliphatic imine (C=N–C) groups is 1. The Bertz CT molecular complexity index is 1020. The van der Waals surface area contributed by atoms with Crippen LogP contribution in [0.4, 0.5) is 10.2 Å². The van der Waals surface area contributed by atoms with E-state index < -0.39 is 11.9 Å². The van der Waals surface area contributed by atoms with Crippen LogP contribution in [0.2, 0.25) is 5.02 Å². The van der Waals surface area contributed by atoms with Crippen molar-refractivity contribution in [1.82, 2.24) is 25.3 Å². The number of H-pyrrole nitrogens is 1. The maximum Gasteiger partial charge on any atom is 0.242 e. The van der Waals surface area contributed by atoms with E-state index in [0.29, 0.717) is 34.6 Å². The Kier molecular flexibility index (Phi) is 6.15. The van der Waals surface area contributed by atoms with Crippen LogP contribution in [0.1, 0.15) is 13.3 Å². The molecule has 0 unspecified atom stereocenters. The molecule has 3 rings (SSSR count). The van der Waals surface area contributed by atoms with Crippen LogP contribution in [0.5, 0.6) is 0 Å². The highest BCUT2D eigenvalue weighted by Gasteiger charge is 2.17. The third kappa shape index (κ3) is 4.42. The van der Waals surface area contributed by atoms with Gasteiger partial charge in [-0.15, -0.1) is 0 Å². The monoisotopic (exact) mass is 403 g/mol. The minimum Gasteiger partial charge on any atom is -0.356 e. The Morgan fingerprint density at radius 1 is 1.43 bits per heavy atom. The maximum absolute atomic E-state index is 14.2. The number of anilines is 1. The minimum atomic E-state index is -0.685. The molecule has 3 N–H and O–H groups in total. The average Bonchev–Trinajstić information content (AvgIpc) is 3.09. The lowest BCUT2D eigenvalue weighted by Gasteiger charge is -2.15. The van der Waals surface area contributed by atoms with Crippen molar-refractivity contribution in [1.29, 1.82) is 0 Å². The molecule has 0 spiro atoms. The summed E-state index contributed by atoms with van der Waals surface area (Å²) in [6, 6.07) is 1.04. The molecule has 146 valence electrons. The van der Waals surface area contributed by atoms with Gasteiger partial charge < -0.3 is 20.6 Å². The van der Waals surface area contributed by atoms with Crippen LogP contribution in [0.25, 0.3) is 22.4 Å². The van der Waals surface area contributed by atoms with E-state index in [1.165, 1.54) is 6.20 Å². The molecule has 0 saturated heterocycles. The van der Waals surface area contributed by atoms with Gasteiger partial charge in [0.25, 0.3) is 0 Å². The van der Waals surface area contributed by atoms with Crippen LogP contribution >= 0.6 is 11.6 Å². The van der Waals surface area contributed by atoms with Crippen molar-refractivity contribution in [3.05, 3.63) is 35.5 Å². The van der Waals surface area contributed by atoms with Crippen LogP contribution < -0.4 is 10.6 Å². The van der Waals surface area contributed by atoms with Gasteiger partial charge in [-0.1, -0.05) is 11.6 Å². The van der Waals surface area contributed by atoms with Gasteiger partial charge in [0.05, 0.1) is 11.2 Å². The zero-order valence-corrected chi connectivity index (χ0v) is 16.1. The van der Waals surface area contributed by atoms with Gasteiger partial charge in [-0.25, -0.2) is 19.3 Å². The van der Waals surface area contributed by atoms with Crippen molar-refractivity contribution < 1.29 is 9.18 Å². The Morgan fingerprint density at radius 2 is 2.25 bits per heavy atom. The second-order valence-corrected chi connectivity index (χ2v) is 6.47. The summed E-state index contributed by atoms with van der Waals surface area (Å²) in [6.07, 6.45) is 6.59. The molecular weight excluding hydrogens is 385 g/mol. The second kappa shape index (κ2) is 8.75. The predicted molar refractivity (Wildman–Crippen MR) is 107 cm³/mol. The van der Waals surface area contributed by atoms with Crippen molar-refractivity contribution in [2.45, 2.75) is 19.4 Å². The minimum absolute atomic E-state index is 0.0629. The van der Waals surface area contributed by atoms with Gasteiger partial charge in [-0.2, -0.15) is 0 Å². The lowest BCUT2D eigenvalue weighted by atomic mass is 10.2. The number of rotatable bonds is 7. The van der Waals surface area contributed by atoms with E-state index >= 15 is 0 Å². The van der Waals surface area contributed by atoms with Crippen LogP contribution in [-0.4, -0.2) is 51.7 Å². The number of amides is 1. The van der Waals surface area contributed by atoms with Crippen LogP contribution in [0.15, 0.2) is 29.6 Å². The standard InChI is InChI=1S/C18H19ClFN7O/c1-10(18(28)22-5-3-4-21-2)26-17-14(20)9-25-16(27-17)13-8-24-15-12(13)6-11(19)7-23-15/h4,6-10H,3,5H2,1-2H3,(H,22,28)(H,23,24)(H,25,26,27)/t10-/m0/s1. The largest absolute Gasteiger partial charge is 0.356 e. The highest BCUT2D eigenvalue weighted by atomic mass is 35.5. The molecule has 0 radical (unpaired) electrons. The number of hydrogen-bond acceptors (Lipinski definition) is 6. The van der Waals surface area contributed by atoms with Crippen molar-refractivity contribution in [2.24, 2.45) is 4.99 Å². The summed E-state index contributed by atoms with van der Waals surface area (Å²) in [5.74, 6) is -0.706. The first kappa shape index (κ1) is 19.7. The van der Waals surface area contributed by atoms with E-state index in [0.717, 1.165) is 6.20 Å².